The van der Waals surface area contributed by atoms with Crippen LogP contribution in [0.2, 0.25) is 0 Å². The molecule has 0 fully saturated rings. The highest BCUT2D eigenvalue weighted by Crippen LogP contribution is 2.14. The van der Waals surface area contributed by atoms with Gasteiger partial charge in [0.2, 0.25) is 0 Å². The maximum absolute atomic E-state index is 12.8. The third-order valence-electron chi connectivity index (χ3n) is 10.5. The van der Waals surface area contributed by atoms with Crippen molar-refractivity contribution in [3.8, 4) is 0 Å². The Morgan fingerprint density at radius 3 is 1.28 bits per heavy atom. The molecule has 0 aromatic heterocycles. The first-order valence-electron chi connectivity index (χ1n) is 24.8. The summed E-state index contributed by atoms with van der Waals surface area (Å²) in [6, 6.07) is 0. The Kier molecular flexibility index (Phi) is 46.9. The van der Waals surface area contributed by atoms with Gasteiger partial charge >= 0.3 is 11.9 Å². The van der Waals surface area contributed by atoms with Crippen molar-refractivity contribution in [1.82, 2.24) is 0 Å². The third kappa shape index (κ3) is 46.3. The van der Waals surface area contributed by atoms with Gasteiger partial charge in [0, 0.05) is 19.4 Å². The van der Waals surface area contributed by atoms with Gasteiger partial charge in [-0.05, 0) is 83.5 Å². The molecule has 0 aromatic carbocycles. The van der Waals surface area contributed by atoms with Crippen molar-refractivity contribution < 1.29 is 23.8 Å². The summed E-state index contributed by atoms with van der Waals surface area (Å²) in [7, 11) is 0. The number of hydrogen-bond donors (Lipinski definition) is 0. The van der Waals surface area contributed by atoms with Crippen molar-refractivity contribution >= 4 is 11.9 Å². The maximum atomic E-state index is 12.8. The molecule has 5 nitrogen and oxygen atoms in total. The van der Waals surface area contributed by atoms with Crippen molar-refractivity contribution in [2.24, 2.45) is 0 Å². The minimum absolute atomic E-state index is 0.0774. The van der Waals surface area contributed by atoms with E-state index in [1.165, 1.54) is 122 Å². The molecule has 58 heavy (non-hydrogen) atoms. The van der Waals surface area contributed by atoms with Crippen LogP contribution >= 0.6 is 0 Å². The molecule has 0 radical (unpaired) electrons. The van der Waals surface area contributed by atoms with Crippen LogP contribution in [0.15, 0.2) is 60.8 Å². The number of ether oxygens (including phenoxy) is 3. The van der Waals surface area contributed by atoms with E-state index in [0.717, 1.165) is 83.5 Å². The second kappa shape index (κ2) is 49.0. The van der Waals surface area contributed by atoms with Gasteiger partial charge in [-0.2, -0.15) is 0 Å². The lowest BCUT2D eigenvalue weighted by Gasteiger charge is -2.18. The summed E-state index contributed by atoms with van der Waals surface area (Å²) in [5.41, 5.74) is 0. The molecular formula is C53H94O5. The first-order valence-corrected chi connectivity index (χ1v) is 24.8. The molecule has 0 bridgehead atoms. The van der Waals surface area contributed by atoms with Crippen LogP contribution < -0.4 is 0 Å². The zero-order valence-electron chi connectivity index (χ0n) is 38.6. The van der Waals surface area contributed by atoms with Crippen molar-refractivity contribution in [2.45, 2.75) is 245 Å². The fraction of sp³-hybridized carbons (Fsp3) is 0.774. The zero-order chi connectivity index (χ0) is 42.1. The number of allylic oxidation sites excluding steroid dienone is 10. The standard InChI is InChI=1S/C53H94O5/c1-4-7-10-13-16-19-21-23-25-27-29-31-33-35-37-40-43-46-52(54)57-50-51(49-56-48-45-42-39-18-15-12-9-6-3)58-53(55)47-44-41-38-36-34-32-30-28-26-24-22-20-17-14-11-8-5-2/h7,10,16-17,19-20,23-26,51H,4-6,8-9,11-15,18,21-22,27-50H2,1-3H3/b10-7-,19-16-,20-17-,25-23-,26-24-. The number of rotatable bonds is 45. The van der Waals surface area contributed by atoms with Gasteiger partial charge in [0.25, 0.3) is 0 Å². The number of carbonyl (C=O) groups is 2. The highest BCUT2D eigenvalue weighted by atomic mass is 16.6. The predicted octanol–water partition coefficient (Wildman–Crippen LogP) is 16.6. The molecule has 0 heterocycles. The predicted molar refractivity (Wildman–Crippen MR) is 251 cm³/mol. The molecule has 0 amide bonds. The number of unbranched alkanes of at least 4 members (excludes halogenated alkanes) is 24. The first kappa shape index (κ1) is 55.6. The van der Waals surface area contributed by atoms with Crippen LogP contribution in [0.3, 0.4) is 0 Å². The van der Waals surface area contributed by atoms with Gasteiger partial charge in [0.05, 0.1) is 6.61 Å². The number of esters is 2. The van der Waals surface area contributed by atoms with E-state index in [4.69, 9.17) is 14.2 Å². The van der Waals surface area contributed by atoms with Gasteiger partial charge in [-0.25, -0.2) is 0 Å². The molecule has 0 saturated carbocycles. The molecule has 5 heteroatoms. The van der Waals surface area contributed by atoms with Crippen molar-refractivity contribution in [2.75, 3.05) is 19.8 Å². The van der Waals surface area contributed by atoms with E-state index in [2.05, 4.69) is 81.5 Å². The fourth-order valence-electron chi connectivity index (χ4n) is 6.85. The highest BCUT2D eigenvalue weighted by Gasteiger charge is 2.17. The molecule has 0 aliphatic heterocycles. The Bertz CT molecular complexity index is 1010. The van der Waals surface area contributed by atoms with Gasteiger partial charge in [-0.15, -0.1) is 0 Å². The van der Waals surface area contributed by atoms with Crippen LogP contribution in [0.4, 0.5) is 0 Å². The minimum Gasteiger partial charge on any atom is -0.462 e. The molecule has 0 N–H and O–H groups in total. The lowest BCUT2D eigenvalue weighted by Crippen LogP contribution is -2.30. The Labute approximate surface area is 360 Å². The zero-order valence-corrected chi connectivity index (χ0v) is 38.6. The van der Waals surface area contributed by atoms with Gasteiger partial charge in [-0.3, -0.25) is 9.59 Å². The molecule has 1 unspecified atom stereocenters. The Morgan fingerprint density at radius 2 is 0.776 bits per heavy atom. The van der Waals surface area contributed by atoms with Crippen LogP contribution in [0, 0.1) is 0 Å². The van der Waals surface area contributed by atoms with E-state index in [-0.39, 0.29) is 25.2 Å². The Morgan fingerprint density at radius 1 is 0.397 bits per heavy atom. The van der Waals surface area contributed by atoms with E-state index in [9.17, 15) is 9.59 Å². The van der Waals surface area contributed by atoms with Gasteiger partial charge in [0.15, 0.2) is 6.10 Å². The quantitative estimate of drug-likeness (QED) is 0.0348. The smallest absolute Gasteiger partial charge is 0.306 e. The molecule has 336 valence electrons. The van der Waals surface area contributed by atoms with Crippen molar-refractivity contribution in [1.29, 1.82) is 0 Å². The molecule has 0 aliphatic rings. The second-order valence-electron chi connectivity index (χ2n) is 16.3. The summed E-state index contributed by atoms with van der Waals surface area (Å²) in [5, 5.41) is 0. The normalized spacial score (nSPS) is 12.7. The first-order chi connectivity index (χ1) is 28.6. The lowest BCUT2D eigenvalue weighted by molar-refractivity contribution is -0.163. The van der Waals surface area contributed by atoms with Crippen LogP contribution in [0.1, 0.15) is 239 Å². The largest absolute Gasteiger partial charge is 0.462 e. The van der Waals surface area contributed by atoms with E-state index < -0.39 is 6.10 Å². The summed E-state index contributed by atoms with van der Waals surface area (Å²) in [6.45, 7) is 7.67. The van der Waals surface area contributed by atoms with E-state index >= 15 is 0 Å². The molecular weight excluding hydrogens is 717 g/mol. The van der Waals surface area contributed by atoms with E-state index in [1.807, 2.05) is 0 Å². The molecule has 1 atom stereocenters. The average molecular weight is 811 g/mol. The topological polar surface area (TPSA) is 61.8 Å². The monoisotopic (exact) mass is 811 g/mol. The lowest BCUT2D eigenvalue weighted by atomic mass is 10.1. The third-order valence-corrected chi connectivity index (χ3v) is 10.5. The maximum Gasteiger partial charge on any atom is 0.306 e. The van der Waals surface area contributed by atoms with Crippen molar-refractivity contribution in [3.05, 3.63) is 60.8 Å². The second-order valence-corrected chi connectivity index (χ2v) is 16.3. The number of hydrogen-bond acceptors (Lipinski definition) is 5. The van der Waals surface area contributed by atoms with E-state index in [1.54, 1.807) is 0 Å². The summed E-state index contributed by atoms with van der Waals surface area (Å²) in [6.07, 6.45) is 60.8. The van der Waals surface area contributed by atoms with Crippen LogP contribution in [-0.2, 0) is 23.8 Å². The average Bonchev–Trinajstić information content (AvgIpc) is 3.22. The summed E-state index contributed by atoms with van der Waals surface area (Å²) < 4.78 is 17.3. The van der Waals surface area contributed by atoms with Crippen LogP contribution in [0.25, 0.3) is 0 Å². The molecule has 0 aromatic rings. The minimum atomic E-state index is -0.541. The number of carbonyl (C=O) groups excluding carboxylic acids is 2. The molecule has 0 saturated heterocycles. The van der Waals surface area contributed by atoms with Gasteiger partial charge in [-0.1, -0.05) is 204 Å². The van der Waals surface area contributed by atoms with Crippen LogP contribution in [0.5, 0.6) is 0 Å². The molecule has 0 spiro atoms. The van der Waals surface area contributed by atoms with Crippen molar-refractivity contribution in [3.63, 3.8) is 0 Å². The molecule has 0 aliphatic carbocycles. The van der Waals surface area contributed by atoms with E-state index in [0.29, 0.717) is 19.4 Å². The molecule has 0 rings (SSSR count). The van der Waals surface area contributed by atoms with Gasteiger partial charge in [0.1, 0.15) is 6.61 Å². The van der Waals surface area contributed by atoms with Crippen LogP contribution in [-0.4, -0.2) is 37.9 Å². The summed E-state index contributed by atoms with van der Waals surface area (Å²) in [4.78, 5) is 25.3. The summed E-state index contributed by atoms with van der Waals surface area (Å²) in [5.74, 6) is -0.414. The summed E-state index contributed by atoms with van der Waals surface area (Å²) >= 11 is 0. The Balaban J connectivity index is 4.19. The SMILES string of the molecule is CC/C=C\C/C=C\C/C=C\CCCCCCCCCC(=O)OCC(COCCCCCCCCCC)OC(=O)CCCCCCCCC/C=C\C/C=C\CCCCC. The van der Waals surface area contributed by atoms with Gasteiger partial charge < -0.3 is 14.2 Å². The highest BCUT2D eigenvalue weighted by molar-refractivity contribution is 5.70. The fourth-order valence-corrected chi connectivity index (χ4v) is 6.85. The Hall–Kier alpha value is -2.40.